The Hall–Kier alpha value is -2.73. The molecule has 0 aromatic heterocycles. The first-order valence-corrected chi connectivity index (χ1v) is 8.24. The molecule has 6 nitrogen and oxygen atoms in total. The Bertz CT molecular complexity index is 781. The molecule has 0 N–H and O–H groups in total. The summed E-state index contributed by atoms with van der Waals surface area (Å²) in [5, 5.41) is 11.6. The summed E-state index contributed by atoms with van der Waals surface area (Å²) in [5.74, 6) is -0.223. The summed E-state index contributed by atoms with van der Waals surface area (Å²) in [7, 11) is 0. The Morgan fingerprint density at radius 3 is 2.32 bits per heavy atom. The lowest BCUT2D eigenvalue weighted by Gasteiger charge is -2.36. The topological polar surface area (TPSA) is 72.7 Å². The third-order valence-corrected chi connectivity index (χ3v) is 4.23. The normalized spacial score (nSPS) is 20.3. The van der Waals surface area contributed by atoms with Gasteiger partial charge in [0.25, 0.3) is 5.69 Å². The van der Waals surface area contributed by atoms with E-state index in [1.165, 1.54) is 6.07 Å². The van der Waals surface area contributed by atoms with Crippen LogP contribution >= 0.6 is 0 Å². The fraction of sp³-hybridized carbons (Fsp3) is 0.316. The molecule has 1 fully saturated rings. The molecule has 1 heterocycles. The highest BCUT2D eigenvalue weighted by Gasteiger charge is 2.28. The highest BCUT2D eigenvalue weighted by atomic mass is 16.6. The second kappa shape index (κ2) is 7.03. The van der Waals surface area contributed by atoms with Gasteiger partial charge in [0.2, 0.25) is 0 Å². The summed E-state index contributed by atoms with van der Waals surface area (Å²) in [6, 6.07) is 13.5. The molecule has 1 aliphatic rings. The molecule has 2 aromatic carbocycles. The van der Waals surface area contributed by atoms with E-state index in [-0.39, 0.29) is 23.7 Å². The predicted molar refractivity (Wildman–Crippen MR) is 95.2 cm³/mol. The molecular weight excluding hydrogens is 320 g/mol. The maximum absolute atomic E-state index is 12.6. The quantitative estimate of drug-likeness (QED) is 0.484. The molecule has 1 saturated heterocycles. The zero-order valence-corrected chi connectivity index (χ0v) is 14.2. The second-order valence-corrected chi connectivity index (χ2v) is 6.32. The van der Waals surface area contributed by atoms with Crippen molar-refractivity contribution in [1.82, 2.24) is 0 Å². The molecule has 25 heavy (non-hydrogen) atoms. The molecule has 2 atom stereocenters. The minimum Gasteiger partial charge on any atom is -0.372 e. The smallest absolute Gasteiger partial charge is 0.293 e. The molecule has 130 valence electrons. The first-order valence-electron chi connectivity index (χ1n) is 8.24. The van der Waals surface area contributed by atoms with E-state index in [4.69, 9.17) is 4.74 Å². The van der Waals surface area contributed by atoms with Gasteiger partial charge in [0, 0.05) is 30.3 Å². The first kappa shape index (κ1) is 17.1. The largest absolute Gasteiger partial charge is 0.372 e. The Labute approximate surface area is 146 Å². The molecule has 3 rings (SSSR count). The molecule has 0 amide bonds. The Balaban J connectivity index is 1.96. The van der Waals surface area contributed by atoms with Crippen LogP contribution in [-0.4, -0.2) is 36.0 Å². The van der Waals surface area contributed by atoms with Crippen molar-refractivity contribution in [3.05, 3.63) is 69.8 Å². The van der Waals surface area contributed by atoms with Crippen LogP contribution in [0.3, 0.4) is 0 Å². The lowest BCUT2D eigenvalue weighted by Crippen LogP contribution is -2.45. The number of hydrogen-bond donors (Lipinski definition) is 0. The Morgan fingerprint density at radius 2 is 1.72 bits per heavy atom. The summed E-state index contributed by atoms with van der Waals surface area (Å²) in [6.45, 7) is 5.05. The van der Waals surface area contributed by atoms with Crippen molar-refractivity contribution >= 4 is 17.2 Å². The number of nitro benzene ring substituents is 1. The first-order chi connectivity index (χ1) is 12.0. The molecule has 0 saturated carbocycles. The van der Waals surface area contributed by atoms with Gasteiger partial charge < -0.3 is 9.64 Å². The van der Waals surface area contributed by atoms with Gasteiger partial charge in [-0.05, 0) is 26.0 Å². The average Bonchev–Trinajstić information content (AvgIpc) is 2.60. The van der Waals surface area contributed by atoms with Crippen LogP contribution < -0.4 is 4.90 Å². The fourth-order valence-corrected chi connectivity index (χ4v) is 3.21. The number of anilines is 1. The third-order valence-electron chi connectivity index (χ3n) is 4.23. The number of carbonyl (C=O) groups is 1. The van der Waals surface area contributed by atoms with E-state index in [0.29, 0.717) is 29.9 Å². The van der Waals surface area contributed by atoms with E-state index in [9.17, 15) is 14.9 Å². The number of nitrogens with zero attached hydrogens (tertiary/aromatic N) is 2. The molecule has 2 aromatic rings. The lowest BCUT2D eigenvalue weighted by atomic mass is 10.0. The standard InChI is InChI=1S/C19H20N2O4/c1-13-11-20(12-14(2)25-13)17-9-8-16(10-18(17)21(23)24)19(22)15-6-4-3-5-7-15/h3-10,13-14H,11-12H2,1-2H3/t13-,14+. The van der Waals surface area contributed by atoms with E-state index < -0.39 is 4.92 Å². The van der Waals surface area contributed by atoms with E-state index >= 15 is 0 Å². The van der Waals surface area contributed by atoms with E-state index in [1.54, 1.807) is 36.4 Å². The maximum atomic E-state index is 12.6. The van der Waals surface area contributed by atoms with E-state index in [1.807, 2.05) is 24.8 Å². The van der Waals surface area contributed by atoms with Crippen LogP contribution in [-0.2, 0) is 4.74 Å². The molecule has 0 radical (unpaired) electrons. The number of hydrogen-bond acceptors (Lipinski definition) is 5. The van der Waals surface area contributed by atoms with Gasteiger partial charge >= 0.3 is 0 Å². The summed E-state index contributed by atoms with van der Waals surface area (Å²) >= 11 is 0. The van der Waals surface area contributed by atoms with Gasteiger partial charge in [0.15, 0.2) is 5.78 Å². The predicted octanol–water partition coefficient (Wildman–Crippen LogP) is 3.44. The maximum Gasteiger partial charge on any atom is 0.293 e. The Kier molecular flexibility index (Phi) is 4.81. The molecule has 6 heteroatoms. The lowest BCUT2D eigenvalue weighted by molar-refractivity contribution is -0.384. The minimum atomic E-state index is -0.429. The average molecular weight is 340 g/mol. The minimum absolute atomic E-state index is 0.00557. The molecule has 0 spiro atoms. The van der Waals surface area contributed by atoms with Crippen LogP contribution in [0.5, 0.6) is 0 Å². The summed E-state index contributed by atoms with van der Waals surface area (Å²) in [6.07, 6.45) is -0.0111. The van der Waals surface area contributed by atoms with Gasteiger partial charge in [-0.3, -0.25) is 14.9 Å². The van der Waals surface area contributed by atoms with Crippen LogP contribution in [0.1, 0.15) is 29.8 Å². The van der Waals surface area contributed by atoms with Gasteiger partial charge in [-0.15, -0.1) is 0 Å². The fourth-order valence-electron chi connectivity index (χ4n) is 3.21. The number of morpholine rings is 1. The molecule has 0 unspecified atom stereocenters. The third kappa shape index (κ3) is 3.69. The van der Waals surface area contributed by atoms with Crippen LogP contribution in [0.2, 0.25) is 0 Å². The van der Waals surface area contributed by atoms with Crippen molar-refractivity contribution in [2.45, 2.75) is 26.1 Å². The van der Waals surface area contributed by atoms with Crippen molar-refractivity contribution in [2.24, 2.45) is 0 Å². The molecule has 0 bridgehead atoms. The second-order valence-electron chi connectivity index (χ2n) is 6.32. The van der Waals surface area contributed by atoms with E-state index in [2.05, 4.69) is 0 Å². The number of ether oxygens (including phenoxy) is 1. The van der Waals surface area contributed by atoms with Crippen LogP contribution in [0, 0.1) is 10.1 Å². The summed E-state index contributed by atoms with van der Waals surface area (Å²) < 4.78 is 5.69. The van der Waals surface area contributed by atoms with Crippen molar-refractivity contribution in [3.63, 3.8) is 0 Å². The van der Waals surface area contributed by atoms with Gasteiger partial charge in [-0.1, -0.05) is 30.3 Å². The van der Waals surface area contributed by atoms with Gasteiger partial charge in [-0.25, -0.2) is 0 Å². The van der Waals surface area contributed by atoms with Crippen molar-refractivity contribution in [3.8, 4) is 0 Å². The molecular formula is C19H20N2O4. The molecule has 1 aliphatic heterocycles. The van der Waals surface area contributed by atoms with Crippen LogP contribution in [0.4, 0.5) is 11.4 Å². The zero-order chi connectivity index (χ0) is 18.0. The monoisotopic (exact) mass is 340 g/mol. The number of rotatable bonds is 4. The summed E-state index contributed by atoms with van der Waals surface area (Å²) in [5.41, 5.74) is 1.30. The summed E-state index contributed by atoms with van der Waals surface area (Å²) in [4.78, 5) is 25.7. The SMILES string of the molecule is C[C@@H]1CN(c2ccc(C(=O)c3ccccc3)cc2[N+](=O)[O-])C[C@H](C)O1. The number of carbonyl (C=O) groups excluding carboxylic acids is 1. The van der Waals surface area contributed by atoms with E-state index in [0.717, 1.165) is 0 Å². The van der Waals surface area contributed by atoms with Gasteiger partial charge in [-0.2, -0.15) is 0 Å². The molecule has 0 aliphatic carbocycles. The zero-order valence-electron chi connectivity index (χ0n) is 14.2. The number of benzene rings is 2. The van der Waals surface area contributed by atoms with Crippen LogP contribution in [0.25, 0.3) is 0 Å². The number of nitro groups is 1. The number of ketones is 1. The van der Waals surface area contributed by atoms with Gasteiger partial charge in [0.05, 0.1) is 17.1 Å². The highest BCUT2D eigenvalue weighted by molar-refractivity contribution is 6.09. The van der Waals surface area contributed by atoms with Crippen molar-refractivity contribution in [2.75, 3.05) is 18.0 Å². The Morgan fingerprint density at radius 1 is 1.08 bits per heavy atom. The van der Waals surface area contributed by atoms with Gasteiger partial charge in [0.1, 0.15) is 5.69 Å². The highest BCUT2D eigenvalue weighted by Crippen LogP contribution is 2.32. The van der Waals surface area contributed by atoms with Crippen molar-refractivity contribution < 1.29 is 14.5 Å². The van der Waals surface area contributed by atoms with Crippen molar-refractivity contribution in [1.29, 1.82) is 0 Å². The van der Waals surface area contributed by atoms with Crippen LogP contribution in [0.15, 0.2) is 48.5 Å².